The normalized spacial score (nSPS) is 23.9. The van der Waals surface area contributed by atoms with E-state index in [1.807, 2.05) is 54.6 Å². The highest BCUT2D eigenvalue weighted by Crippen LogP contribution is 2.38. The lowest BCUT2D eigenvalue weighted by atomic mass is 9.76. The summed E-state index contributed by atoms with van der Waals surface area (Å²) >= 11 is 0. The zero-order valence-electron chi connectivity index (χ0n) is 15.4. The molecule has 0 aromatic heterocycles. The van der Waals surface area contributed by atoms with E-state index in [0.29, 0.717) is 12.8 Å². The van der Waals surface area contributed by atoms with Crippen LogP contribution < -0.4 is 4.72 Å². The lowest BCUT2D eigenvalue weighted by molar-refractivity contribution is -0.0249. The lowest BCUT2D eigenvalue weighted by Gasteiger charge is -2.41. The molecule has 4 nitrogen and oxygen atoms in total. The van der Waals surface area contributed by atoms with Gasteiger partial charge in [-0.25, -0.2) is 13.1 Å². The Balaban J connectivity index is 1.89. The molecule has 2 aromatic rings. The van der Waals surface area contributed by atoms with Crippen LogP contribution in [0.4, 0.5) is 0 Å². The van der Waals surface area contributed by atoms with Crippen molar-refractivity contribution in [3.05, 3.63) is 60.2 Å². The molecule has 0 unspecified atom stereocenters. The van der Waals surface area contributed by atoms with Crippen molar-refractivity contribution >= 4 is 10.0 Å². The summed E-state index contributed by atoms with van der Waals surface area (Å²) in [4.78, 5) is 0. The highest BCUT2D eigenvalue weighted by Gasteiger charge is 2.42. The molecule has 1 fully saturated rings. The number of nitrogens with one attached hydrogen (secondary N) is 1. The van der Waals surface area contributed by atoms with Crippen LogP contribution in [0.3, 0.4) is 0 Å². The highest BCUT2D eigenvalue weighted by atomic mass is 32.2. The average molecular weight is 374 g/mol. The van der Waals surface area contributed by atoms with E-state index in [1.54, 1.807) is 13.8 Å². The van der Waals surface area contributed by atoms with Crippen molar-refractivity contribution in [3.63, 3.8) is 0 Å². The van der Waals surface area contributed by atoms with E-state index in [2.05, 4.69) is 4.72 Å². The third-order valence-electron chi connectivity index (χ3n) is 5.30. The Hall–Kier alpha value is -1.69. The minimum Gasteiger partial charge on any atom is -0.383 e. The van der Waals surface area contributed by atoms with E-state index in [4.69, 9.17) is 0 Å². The topological polar surface area (TPSA) is 66.4 Å². The molecular weight excluding hydrogens is 346 g/mol. The van der Waals surface area contributed by atoms with Crippen molar-refractivity contribution in [3.8, 4) is 11.1 Å². The van der Waals surface area contributed by atoms with Gasteiger partial charge in [-0.3, -0.25) is 0 Å². The average Bonchev–Trinajstić information content (AvgIpc) is 2.64. The van der Waals surface area contributed by atoms with Gasteiger partial charge in [0.1, 0.15) is 5.60 Å². The third-order valence-corrected chi connectivity index (χ3v) is 7.15. The first kappa shape index (κ1) is 19.1. The molecule has 140 valence electrons. The minimum absolute atomic E-state index is 0.494. The number of aliphatic hydroxyl groups is 1. The maximum atomic E-state index is 12.3. The predicted molar refractivity (Wildman–Crippen MR) is 105 cm³/mol. The summed E-state index contributed by atoms with van der Waals surface area (Å²) in [5.74, 6) is 0. The van der Waals surface area contributed by atoms with Crippen LogP contribution in [-0.4, -0.2) is 24.8 Å². The Morgan fingerprint density at radius 1 is 1.00 bits per heavy atom. The first-order chi connectivity index (χ1) is 12.3. The van der Waals surface area contributed by atoms with Crippen molar-refractivity contribution in [2.24, 2.45) is 0 Å². The molecule has 2 atom stereocenters. The maximum absolute atomic E-state index is 12.3. The molecule has 1 saturated carbocycles. The Morgan fingerprint density at radius 3 is 2.23 bits per heavy atom. The Bertz CT molecular complexity index is 831. The molecule has 1 aliphatic carbocycles. The van der Waals surface area contributed by atoms with Crippen molar-refractivity contribution in [2.75, 3.05) is 0 Å². The molecule has 0 heterocycles. The summed E-state index contributed by atoms with van der Waals surface area (Å²) in [6, 6.07) is 17.4. The largest absolute Gasteiger partial charge is 0.383 e. The highest BCUT2D eigenvalue weighted by molar-refractivity contribution is 7.90. The summed E-state index contributed by atoms with van der Waals surface area (Å²) in [6.07, 6.45) is 3.00. The van der Waals surface area contributed by atoms with E-state index >= 15 is 0 Å². The van der Waals surface area contributed by atoms with Crippen molar-refractivity contribution in [1.29, 1.82) is 0 Å². The van der Waals surface area contributed by atoms with Crippen LogP contribution in [-0.2, 0) is 15.6 Å². The second-order valence-corrected chi connectivity index (χ2v) is 9.65. The van der Waals surface area contributed by atoms with Gasteiger partial charge in [-0.1, -0.05) is 67.4 Å². The second-order valence-electron chi connectivity index (χ2n) is 7.38. The van der Waals surface area contributed by atoms with Gasteiger partial charge in [0, 0.05) is 0 Å². The van der Waals surface area contributed by atoms with Crippen LogP contribution in [0.2, 0.25) is 0 Å². The van der Waals surface area contributed by atoms with Gasteiger partial charge in [0.25, 0.3) is 0 Å². The summed E-state index contributed by atoms with van der Waals surface area (Å²) < 4.78 is 27.4. The summed E-state index contributed by atoms with van der Waals surface area (Å²) in [5, 5.41) is 10.9. The van der Waals surface area contributed by atoms with Crippen LogP contribution in [0.5, 0.6) is 0 Å². The van der Waals surface area contributed by atoms with Gasteiger partial charge in [-0.15, -0.1) is 0 Å². The Morgan fingerprint density at radius 2 is 1.62 bits per heavy atom. The molecule has 0 aliphatic heterocycles. The molecule has 26 heavy (non-hydrogen) atoms. The lowest BCUT2D eigenvalue weighted by Crippen LogP contribution is -2.53. The molecule has 0 saturated heterocycles. The van der Waals surface area contributed by atoms with Gasteiger partial charge in [0.15, 0.2) is 0 Å². The summed E-state index contributed by atoms with van der Waals surface area (Å²) in [5.41, 5.74) is 1.79. The van der Waals surface area contributed by atoms with Gasteiger partial charge < -0.3 is 5.11 Å². The van der Waals surface area contributed by atoms with Gasteiger partial charge in [0.05, 0.1) is 11.3 Å². The van der Waals surface area contributed by atoms with E-state index < -0.39 is 26.9 Å². The summed E-state index contributed by atoms with van der Waals surface area (Å²) in [6.45, 7) is 3.30. The molecular formula is C21H27NO3S. The molecule has 3 rings (SSSR count). The molecule has 2 aromatic carbocycles. The third kappa shape index (κ3) is 3.85. The standard InChI is InChI=1S/C21H27NO3S/c1-16(2)26(24,25)22-20-10-6-7-15-21(20,23)19-13-11-18(12-14-19)17-8-4-3-5-9-17/h3-5,8-9,11-14,16,20,22-23H,6-7,10,15H2,1-2H3/t20-,21-/m0/s1. The van der Waals surface area contributed by atoms with Crippen LogP contribution in [0.25, 0.3) is 11.1 Å². The van der Waals surface area contributed by atoms with Crippen molar-refractivity contribution < 1.29 is 13.5 Å². The monoisotopic (exact) mass is 373 g/mol. The SMILES string of the molecule is CC(C)S(=O)(=O)N[C@H]1CCCC[C@]1(O)c1ccc(-c2ccccc2)cc1. The molecule has 5 heteroatoms. The van der Waals surface area contributed by atoms with Crippen LogP contribution in [0.1, 0.15) is 45.1 Å². The van der Waals surface area contributed by atoms with Gasteiger partial charge in [0.2, 0.25) is 10.0 Å². The van der Waals surface area contributed by atoms with Crippen LogP contribution in [0.15, 0.2) is 54.6 Å². The van der Waals surface area contributed by atoms with Crippen molar-refractivity contribution in [1.82, 2.24) is 4.72 Å². The fourth-order valence-corrected chi connectivity index (χ4v) is 4.56. The molecule has 0 bridgehead atoms. The minimum atomic E-state index is -3.44. The number of rotatable bonds is 5. The quantitative estimate of drug-likeness (QED) is 0.837. The van der Waals surface area contributed by atoms with Gasteiger partial charge in [-0.05, 0) is 43.4 Å². The van der Waals surface area contributed by atoms with E-state index in [-0.39, 0.29) is 0 Å². The fraction of sp³-hybridized carbons (Fsp3) is 0.429. The second kappa shape index (κ2) is 7.51. The smallest absolute Gasteiger partial charge is 0.214 e. The maximum Gasteiger partial charge on any atom is 0.214 e. The van der Waals surface area contributed by atoms with E-state index in [9.17, 15) is 13.5 Å². The first-order valence-electron chi connectivity index (χ1n) is 9.22. The molecule has 1 aliphatic rings. The number of hydrogen-bond donors (Lipinski definition) is 2. The number of sulfonamides is 1. The molecule has 0 radical (unpaired) electrons. The van der Waals surface area contributed by atoms with Gasteiger partial charge in [-0.2, -0.15) is 0 Å². The molecule has 2 N–H and O–H groups in total. The fourth-order valence-electron chi connectivity index (χ4n) is 3.57. The number of benzene rings is 2. The van der Waals surface area contributed by atoms with Crippen LogP contribution in [0, 0.1) is 0 Å². The Labute approximate surface area is 156 Å². The molecule has 0 spiro atoms. The first-order valence-corrected chi connectivity index (χ1v) is 10.8. The Kier molecular flexibility index (Phi) is 5.51. The molecule has 0 amide bonds. The van der Waals surface area contributed by atoms with Crippen LogP contribution >= 0.6 is 0 Å². The van der Waals surface area contributed by atoms with E-state index in [0.717, 1.165) is 29.5 Å². The predicted octanol–water partition coefficient (Wildman–Crippen LogP) is 3.81. The van der Waals surface area contributed by atoms with Crippen molar-refractivity contribution in [2.45, 2.75) is 56.4 Å². The zero-order chi connectivity index (χ0) is 18.8. The van der Waals surface area contributed by atoms with E-state index in [1.165, 1.54) is 0 Å². The number of hydrogen-bond acceptors (Lipinski definition) is 3. The summed E-state index contributed by atoms with van der Waals surface area (Å²) in [7, 11) is -3.44. The zero-order valence-corrected chi connectivity index (χ0v) is 16.2. The van der Waals surface area contributed by atoms with Gasteiger partial charge >= 0.3 is 0 Å².